The minimum atomic E-state index is -3.61. The highest BCUT2D eigenvalue weighted by Gasteiger charge is 2.28. The number of nitrogen functional groups attached to an aromatic ring is 1. The zero-order chi connectivity index (χ0) is 15.3. The summed E-state index contributed by atoms with van der Waals surface area (Å²) in [5.41, 5.74) is 2.26. The number of anilines is 1. The Morgan fingerprint density at radius 3 is 2.30 bits per heavy atom. The van der Waals surface area contributed by atoms with E-state index in [2.05, 4.69) is 15.4 Å². The van der Waals surface area contributed by atoms with Crippen LogP contribution in [0.5, 0.6) is 0 Å². The number of nitrogens with one attached hydrogen (secondary N) is 1. The van der Waals surface area contributed by atoms with Crippen molar-refractivity contribution in [1.29, 1.82) is 0 Å². The van der Waals surface area contributed by atoms with Gasteiger partial charge < -0.3 is 4.90 Å². The van der Waals surface area contributed by atoms with Gasteiger partial charge in [0.2, 0.25) is 16.0 Å². The van der Waals surface area contributed by atoms with E-state index in [4.69, 9.17) is 5.84 Å². The number of hydrogen-bond donors (Lipinski definition) is 2. The molecule has 20 heavy (non-hydrogen) atoms. The van der Waals surface area contributed by atoms with Crippen LogP contribution in [0, 0.1) is 0 Å². The van der Waals surface area contributed by atoms with Crippen molar-refractivity contribution >= 4 is 16.0 Å². The first-order valence-electron chi connectivity index (χ1n) is 6.28. The van der Waals surface area contributed by atoms with Crippen LogP contribution in [0.3, 0.4) is 0 Å². The minimum Gasteiger partial charge on any atom is -0.308 e. The molecule has 0 aliphatic heterocycles. The largest absolute Gasteiger partial charge is 0.308 e. The van der Waals surface area contributed by atoms with Crippen molar-refractivity contribution in [3.63, 3.8) is 0 Å². The van der Waals surface area contributed by atoms with Gasteiger partial charge in [0, 0.05) is 19.1 Å². The Morgan fingerprint density at radius 1 is 1.35 bits per heavy atom. The zero-order valence-electron chi connectivity index (χ0n) is 12.2. The van der Waals surface area contributed by atoms with Crippen molar-refractivity contribution in [2.75, 3.05) is 32.6 Å². The monoisotopic (exact) mass is 302 g/mol. The van der Waals surface area contributed by atoms with Gasteiger partial charge in [-0.1, -0.05) is 6.92 Å². The van der Waals surface area contributed by atoms with E-state index in [-0.39, 0.29) is 16.9 Å². The van der Waals surface area contributed by atoms with Crippen molar-refractivity contribution in [2.45, 2.75) is 24.8 Å². The van der Waals surface area contributed by atoms with Crippen molar-refractivity contribution in [2.24, 2.45) is 5.84 Å². The van der Waals surface area contributed by atoms with Crippen molar-refractivity contribution < 1.29 is 8.42 Å². The van der Waals surface area contributed by atoms with Gasteiger partial charge in [0.15, 0.2) is 0 Å². The molecule has 0 saturated heterocycles. The Kier molecular flexibility index (Phi) is 5.81. The molecule has 0 spiro atoms. The molecule has 8 nitrogen and oxygen atoms in total. The van der Waals surface area contributed by atoms with Crippen LogP contribution in [0.2, 0.25) is 0 Å². The molecule has 1 aromatic rings. The van der Waals surface area contributed by atoms with Crippen molar-refractivity contribution in [3.8, 4) is 0 Å². The van der Waals surface area contributed by atoms with Gasteiger partial charge >= 0.3 is 0 Å². The van der Waals surface area contributed by atoms with E-state index in [1.807, 2.05) is 25.9 Å². The van der Waals surface area contributed by atoms with Crippen LogP contribution in [0.15, 0.2) is 17.3 Å². The van der Waals surface area contributed by atoms with E-state index in [0.29, 0.717) is 13.1 Å². The molecular weight excluding hydrogens is 280 g/mol. The maximum atomic E-state index is 12.6. The highest BCUT2D eigenvalue weighted by molar-refractivity contribution is 7.89. The Hall–Kier alpha value is -1.29. The molecule has 0 fully saturated rings. The lowest BCUT2D eigenvalue weighted by molar-refractivity contribution is 0.271. The molecule has 114 valence electrons. The number of aromatic nitrogens is 2. The number of nitrogens with zero attached hydrogens (tertiary/aromatic N) is 4. The summed E-state index contributed by atoms with van der Waals surface area (Å²) in [5.74, 6) is 5.33. The topological polar surface area (TPSA) is 104 Å². The van der Waals surface area contributed by atoms with E-state index in [1.165, 1.54) is 16.7 Å². The van der Waals surface area contributed by atoms with Crippen molar-refractivity contribution in [1.82, 2.24) is 19.2 Å². The van der Waals surface area contributed by atoms with Gasteiger partial charge in [-0.25, -0.2) is 24.2 Å². The molecule has 0 aliphatic rings. The quantitative estimate of drug-likeness (QED) is 0.527. The molecule has 0 amide bonds. The predicted octanol–water partition coefficient (Wildman–Crippen LogP) is -0.277. The fourth-order valence-corrected chi connectivity index (χ4v) is 3.52. The molecule has 1 unspecified atom stereocenters. The summed E-state index contributed by atoms with van der Waals surface area (Å²) in [7, 11) is 0.201. The molecule has 1 atom stereocenters. The third kappa shape index (κ3) is 3.85. The maximum Gasteiger partial charge on any atom is 0.246 e. The normalized spacial score (nSPS) is 13.8. The molecule has 0 radical (unpaired) electrons. The van der Waals surface area contributed by atoms with Crippen LogP contribution in [-0.4, -0.2) is 60.8 Å². The first kappa shape index (κ1) is 16.8. The number of hydrogen-bond acceptors (Lipinski definition) is 7. The number of nitrogens with two attached hydrogens (primary N) is 1. The molecule has 9 heteroatoms. The summed E-state index contributed by atoms with van der Waals surface area (Å²) in [6.45, 7) is 4.70. The lowest BCUT2D eigenvalue weighted by Crippen LogP contribution is -2.43. The van der Waals surface area contributed by atoms with Crippen molar-refractivity contribution in [3.05, 3.63) is 12.4 Å². The van der Waals surface area contributed by atoms with Crippen LogP contribution >= 0.6 is 0 Å². The molecule has 0 saturated carbocycles. The lowest BCUT2D eigenvalue weighted by atomic mass is 10.3. The third-order valence-electron chi connectivity index (χ3n) is 2.80. The van der Waals surface area contributed by atoms with Gasteiger partial charge in [0.05, 0.1) is 12.4 Å². The van der Waals surface area contributed by atoms with Crippen LogP contribution < -0.4 is 11.3 Å². The standard InChI is InChI=1S/C11H22N6O2S/c1-5-17(9(2)8-16(3)4)20(18,19)10-6-13-11(15-12)14-7-10/h6-7,9H,5,8,12H2,1-4H3,(H,13,14,15). The highest BCUT2D eigenvalue weighted by atomic mass is 32.2. The van der Waals surface area contributed by atoms with Gasteiger partial charge in [-0.2, -0.15) is 4.31 Å². The van der Waals surface area contributed by atoms with Gasteiger partial charge in [-0.15, -0.1) is 0 Å². The first-order chi connectivity index (χ1) is 9.32. The maximum absolute atomic E-state index is 12.6. The SMILES string of the molecule is CCN(C(C)CN(C)C)S(=O)(=O)c1cnc(NN)nc1. The second kappa shape index (κ2) is 6.93. The smallest absolute Gasteiger partial charge is 0.246 e. The third-order valence-corrected chi connectivity index (χ3v) is 4.84. The fraction of sp³-hybridized carbons (Fsp3) is 0.636. The molecule has 1 aromatic heterocycles. The van der Waals surface area contributed by atoms with Gasteiger partial charge in [-0.3, -0.25) is 5.43 Å². The Labute approximate surface area is 120 Å². The molecule has 0 bridgehead atoms. The fourth-order valence-electron chi connectivity index (χ4n) is 2.00. The highest BCUT2D eigenvalue weighted by Crippen LogP contribution is 2.17. The second-order valence-corrected chi connectivity index (χ2v) is 6.60. The number of likely N-dealkylation sites (N-methyl/N-ethyl adjacent to an activating group) is 2. The summed E-state index contributed by atoms with van der Waals surface area (Å²) in [6.07, 6.45) is 2.51. The number of rotatable bonds is 7. The predicted molar refractivity (Wildman–Crippen MR) is 77.4 cm³/mol. The lowest BCUT2D eigenvalue weighted by Gasteiger charge is -2.28. The average molecular weight is 302 g/mol. The summed E-state index contributed by atoms with van der Waals surface area (Å²) in [4.78, 5) is 9.68. The van der Waals surface area contributed by atoms with Crippen LogP contribution in [0.1, 0.15) is 13.8 Å². The molecular formula is C11H22N6O2S. The van der Waals surface area contributed by atoms with Crippen LogP contribution in [0.25, 0.3) is 0 Å². The molecule has 1 heterocycles. The van der Waals surface area contributed by atoms with Crippen LogP contribution in [0.4, 0.5) is 5.95 Å². The summed E-state index contributed by atoms with van der Waals surface area (Å²) in [6, 6.07) is -0.146. The molecule has 0 aromatic carbocycles. The number of hydrazine groups is 1. The second-order valence-electron chi connectivity index (χ2n) is 4.71. The van der Waals surface area contributed by atoms with E-state index in [9.17, 15) is 8.42 Å². The summed E-state index contributed by atoms with van der Waals surface area (Å²) in [5, 5.41) is 0. The first-order valence-corrected chi connectivity index (χ1v) is 7.72. The van der Waals surface area contributed by atoms with E-state index in [0.717, 1.165) is 0 Å². The molecule has 3 N–H and O–H groups in total. The number of sulfonamides is 1. The van der Waals surface area contributed by atoms with Gasteiger partial charge in [0.1, 0.15) is 4.90 Å². The molecule has 0 aliphatic carbocycles. The Bertz CT molecular complexity index is 516. The molecule has 1 rings (SSSR count). The van der Waals surface area contributed by atoms with Gasteiger partial charge in [-0.05, 0) is 21.0 Å². The Balaban J connectivity index is 3.04. The summed E-state index contributed by atoms with van der Waals surface area (Å²) < 4.78 is 26.6. The Morgan fingerprint density at radius 2 is 1.90 bits per heavy atom. The van der Waals surface area contributed by atoms with Crippen LogP contribution in [-0.2, 0) is 10.0 Å². The van der Waals surface area contributed by atoms with Gasteiger partial charge in [0.25, 0.3) is 0 Å². The summed E-state index contributed by atoms with van der Waals surface area (Å²) >= 11 is 0. The average Bonchev–Trinajstić information content (AvgIpc) is 2.38. The van der Waals surface area contributed by atoms with E-state index >= 15 is 0 Å². The van der Waals surface area contributed by atoms with E-state index < -0.39 is 10.0 Å². The minimum absolute atomic E-state index is 0.0592. The zero-order valence-corrected chi connectivity index (χ0v) is 13.1. The van der Waals surface area contributed by atoms with E-state index in [1.54, 1.807) is 6.92 Å².